The van der Waals surface area contributed by atoms with Crippen molar-refractivity contribution in [1.29, 1.82) is 5.26 Å². The predicted octanol–water partition coefficient (Wildman–Crippen LogP) is 2.86. The summed E-state index contributed by atoms with van der Waals surface area (Å²) in [6, 6.07) is 11.3. The normalized spacial score (nSPS) is 9.78. The zero-order chi connectivity index (χ0) is 13.0. The van der Waals surface area contributed by atoms with Crippen LogP contribution in [0.5, 0.6) is 0 Å². The number of ether oxygens (including phenoxy) is 1. The average Bonchev–Trinajstić information content (AvgIpc) is 2.84. The van der Waals surface area contributed by atoms with Gasteiger partial charge in [-0.15, -0.1) is 0 Å². The summed E-state index contributed by atoms with van der Waals surface area (Å²) < 4.78 is 9.15. The zero-order valence-corrected chi connectivity index (χ0v) is 10.5. The Morgan fingerprint density at radius 1 is 1.44 bits per heavy atom. The van der Waals surface area contributed by atoms with Crippen molar-refractivity contribution in [3.05, 3.63) is 40.8 Å². The van der Waals surface area contributed by atoms with E-state index in [0.717, 1.165) is 17.1 Å². The second-order valence-electron chi connectivity index (χ2n) is 3.43. The van der Waals surface area contributed by atoms with E-state index in [1.54, 1.807) is 6.92 Å². The maximum Gasteiger partial charge on any atom is 0.342 e. The Bertz CT molecular complexity index is 599. The largest absolute Gasteiger partial charge is 0.462 e. The monoisotopic (exact) mass is 258 g/mol. The van der Waals surface area contributed by atoms with Crippen LogP contribution in [0.25, 0.3) is 11.3 Å². The molecule has 2 aromatic rings. The van der Waals surface area contributed by atoms with Crippen LogP contribution in [-0.2, 0) is 4.74 Å². The van der Waals surface area contributed by atoms with Crippen molar-refractivity contribution in [3.8, 4) is 17.3 Å². The van der Waals surface area contributed by atoms with Gasteiger partial charge in [0.15, 0.2) is 0 Å². The summed E-state index contributed by atoms with van der Waals surface area (Å²) in [4.78, 5) is 12.2. The van der Waals surface area contributed by atoms with Gasteiger partial charge >= 0.3 is 5.97 Å². The van der Waals surface area contributed by atoms with Crippen LogP contribution in [0.15, 0.2) is 30.3 Å². The van der Waals surface area contributed by atoms with Gasteiger partial charge in [-0.2, -0.15) is 9.64 Å². The molecule has 0 spiro atoms. The molecule has 0 radical (unpaired) electrons. The van der Waals surface area contributed by atoms with Crippen molar-refractivity contribution < 1.29 is 9.53 Å². The molecule has 0 bridgehead atoms. The number of benzene rings is 1. The molecular formula is C13H10N2O2S. The number of carbonyl (C=O) groups excluding carboxylic acids is 1. The Labute approximate surface area is 109 Å². The number of esters is 1. The summed E-state index contributed by atoms with van der Waals surface area (Å²) in [6.07, 6.45) is 0. The molecule has 0 unspecified atom stereocenters. The highest BCUT2D eigenvalue weighted by Gasteiger charge is 2.22. The molecule has 18 heavy (non-hydrogen) atoms. The van der Waals surface area contributed by atoms with Crippen LogP contribution in [0.2, 0.25) is 0 Å². The minimum Gasteiger partial charge on any atom is -0.462 e. The molecule has 0 saturated carbocycles. The maximum absolute atomic E-state index is 11.9. The first-order valence-electron chi connectivity index (χ1n) is 5.40. The van der Waals surface area contributed by atoms with Gasteiger partial charge in [0.1, 0.15) is 16.5 Å². The fourth-order valence-corrected chi connectivity index (χ4v) is 2.24. The fourth-order valence-electron chi connectivity index (χ4n) is 1.55. The lowest BCUT2D eigenvalue weighted by Crippen LogP contribution is -2.06. The SMILES string of the molecule is CCOC(=O)c1c(-c2ccccc2)nsc1C#N. The van der Waals surface area contributed by atoms with E-state index in [1.165, 1.54) is 0 Å². The van der Waals surface area contributed by atoms with E-state index in [-0.39, 0.29) is 17.0 Å². The van der Waals surface area contributed by atoms with Crippen LogP contribution in [0.3, 0.4) is 0 Å². The molecule has 1 heterocycles. The summed E-state index contributed by atoms with van der Waals surface area (Å²) in [5, 5.41) is 9.01. The molecule has 90 valence electrons. The van der Waals surface area contributed by atoms with Crippen LogP contribution in [-0.4, -0.2) is 16.9 Å². The van der Waals surface area contributed by atoms with Crippen LogP contribution in [0.1, 0.15) is 22.2 Å². The lowest BCUT2D eigenvalue weighted by molar-refractivity contribution is 0.0527. The number of rotatable bonds is 3. The summed E-state index contributed by atoms with van der Waals surface area (Å²) >= 11 is 1.01. The Hall–Kier alpha value is -2.19. The molecule has 4 nitrogen and oxygen atoms in total. The fraction of sp³-hybridized carbons (Fsp3) is 0.154. The Morgan fingerprint density at radius 3 is 2.78 bits per heavy atom. The third-order valence-electron chi connectivity index (χ3n) is 2.32. The summed E-state index contributed by atoms with van der Waals surface area (Å²) in [7, 11) is 0. The van der Waals surface area contributed by atoms with E-state index in [9.17, 15) is 4.79 Å². The van der Waals surface area contributed by atoms with Gasteiger partial charge in [0.05, 0.1) is 12.3 Å². The zero-order valence-electron chi connectivity index (χ0n) is 9.71. The number of aromatic nitrogens is 1. The topological polar surface area (TPSA) is 63.0 Å². The second kappa shape index (κ2) is 5.43. The van der Waals surface area contributed by atoms with E-state index < -0.39 is 5.97 Å². The van der Waals surface area contributed by atoms with Gasteiger partial charge in [-0.25, -0.2) is 4.79 Å². The number of carbonyl (C=O) groups is 1. The maximum atomic E-state index is 11.9. The first-order chi connectivity index (χ1) is 8.77. The molecule has 1 aromatic carbocycles. The summed E-state index contributed by atoms with van der Waals surface area (Å²) in [5.41, 5.74) is 1.57. The van der Waals surface area contributed by atoms with Crippen LogP contribution in [0, 0.1) is 11.3 Å². The second-order valence-corrected chi connectivity index (χ2v) is 4.21. The van der Waals surface area contributed by atoms with Gasteiger partial charge in [0.2, 0.25) is 0 Å². The third kappa shape index (κ3) is 2.24. The first kappa shape index (κ1) is 12.3. The lowest BCUT2D eigenvalue weighted by Gasteiger charge is -2.03. The first-order valence-corrected chi connectivity index (χ1v) is 6.17. The van der Waals surface area contributed by atoms with Gasteiger partial charge in [0.25, 0.3) is 0 Å². The quantitative estimate of drug-likeness (QED) is 0.794. The van der Waals surface area contributed by atoms with Crippen molar-refractivity contribution in [1.82, 2.24) is 4.37 Å². The number of hydrogen-bond acceptors (Lipinski definition) is 5. The smallest absolute Gasteiger partial charge is 0.342 e. The molecule has 0 aliphatic heterocycles. The van der Waals surface area contributed by atoms with E-state index in [1.807, 2.05) is 36.4 Å². The molecule has 0 saturated heterocycles. The van der Waals surface area contributed by atoms with Gasteiger partial charge in [-0.05, 0) is 18.5 Å². The van der Waals surface area contributed by atoms with Gasteiger partial charge < -0.3 is 4.74 Å². The molecule has 0 fully saturated rings. The molecule has 0 aliphatic rings. The number of nitriles is 1. The number of hydrogen-bond donors (Lipinski definition) is 0. The Kier molecular flexibility index (Phi) is 3.70. The Morgan fingerprint density at radius 2 is 2.17 bits per heavy atom. The molecule has 2 rings (SSSR count). The van der Waals surface area contributed by atoms with Crippen molar-refractivity contribution >= 4 is 17.5 Å². The van der Waals surface area contributed by atoms with E-state index in [4.69, 9.17) is 10.00 Å². The number of nitrogens with zero attached hydrogens (tertiary/aromatic N) is 2. The lowest BCUT2D eigenvalue weighted by atomic mass is 10.1. The average molecular weight is 258 g/mol. The van der Waals surface area contributed by atoms with Crippen molar-refractivity contribution in [3.63, 3.8) is 0 Å². The molecule has 1 aromatic heterocycles. The van der Waals surface area contributed by atoms with Crippen molar-refractivity contribution in [2.24, 2.45) is 0 Å². The molecule has 0 atom stereocenters. The molecule has 0 aliphatic carbocycles. The van der Waals surface area contributed by atoms with E-state index in [0.29, 0.717) is 5.69 Å². The Balaban J connectivity index is 2.53. The summed E-state index contributed by atoms with van der Waals surface area (Å²) in [5.74, 6) is -0.498. The highest BCUT2D eigenvalue weighted by Crippen LogP contribution is 2.28. The van der Waals surface area contributed by atoms with Crippen LogP contribution < -0.4 is 0 Å². The highest BCUT2D eigenvalue weighted by molar-refractivity contribution is 7.07. The predicted molar refractivity (Wildman–Crippen MR) is 68.2 cm³/mol. The summed E-state index contributed by atoms with van der Waals surface area (Å²) in [6.45, 7) is 2.00. The minimum atomic E-state index is -0.498. The highest BCUT2D eigenvalue weighted by atomic mass is 32.1. The van der Waals surface area contributed by atoms with Crippen LogP contribution >= 0.6 is 11.5 Å². The molecule has 0 amide bonds. The van der Waals surface area contributed by atoms with Crippen molar-refractivity contribution in [2.45, 2.75) is 6.92 Å². The third-order valence-corrected chi connectivity index (χ3v) is 3.07. The standard InChI is InChI=1S/C13H10N2O2S/c1-2-17-13(16)11-10(8-14)18-15-12(11)9-6-4-3-5-7-9/h3-7H,2H2,1H3. The van der Waals surface area contributed by atoms with Crippen LogP contribution in [0.4, 0.5) is 0 Å². The van der Waals surface area contributed by atoms with Crippen molar-refractivity contribution in [2.75, 3.05) is 6.61 Å². The molecular weight excluding hydrogens is 248 g/mol. The van der Waals surface area contributed by atoms with Gasteiger partial charge in [0, 0.05) is 5.56 Å². The molecule has 0 N–H and O–H groups in total. The van der Waals surface area contributed by atoms with E-state index in [2.05, 4.69) is 4.37 Å². The minimum absolute atomic E-state index is 0.260. The van der Waals surface area contributed by atoms with Gasteiger partial charge in [-0.3, -0.25) is 0 Å². The van der Waals surface area contributed by atoms with Gasteiger partial charge in [-0.1, -0.05) is 30.3 Å². The van der Waals surface area contributed by atoms with E-state index >= 15 is 0 Å². The molecule has 5 heteroatoms.